The average molecular weight is 748 g/mol. The van der Waals surface area contributed by atoms with Crippen molar-refractivity contribution in [2.24, 2.45) is 0 Å². The Kier molecular flexibility index (Phi) is 11.1. The molecule has 250 valence electrons. The summed E-state index contributed by atoms with van der Waals surface area (Å²) < 4.78 is 83.9. The third-order valence-corrected chi connectivity index (χ3v) is 11.0. The maximum atomic E-state index is 13.4. The maximum Gasteiger partial charge on any atom is 0.416 e. The van der Waals surface area contributed by atoms with Crippen molar-refractivity contribution in [1.29, 1.82) is 0 Å². The smallest absolute Gasteiger partial charge is 0.416 e. The van der Waals surface area contributed by atoms with Crippen molar-refractivity contribution in [3.8, 4) is 16.2 Å². The highest BCUT2D eigenvalue weighted by atomic mass is 79.9. The van der Waals surface area contributed by atoms with Gasteiger partial charge in [-0.2, -0.15) is 13.2 Å². The second kappa shape index (κ2) is 14.3. The van der Waals surface area contributed by atoms with Crippen molar-refractivity contribution in [2.75, 3.05) is 32.1 Å². The first kappa shape index (κ1) is 35.7. The summed E-state index contributed by atoms with van der Waals surface area (Å²) in [6.45, 7) is 5.10. The first-order chi connectivity index (χ1) is 21.5. The second-order valence-electron chi connectivity index (χ2n) is 11.6. The normalized spacial score (nSPS) is 15.0. The molecule has 2 heterocycles. The standard InChI is InChI=1S/C31H34BrF3N2O7S2/c1-30(2,3)44-24(38)17-43-26-25(32)27(45-28(26)29(39)42-4)19-9-7-10-22(16-19)36-21-12-14-37(15-13-21)46(40,41)18-20-8-5-6-11-23(20)31(33,34)35/h5-11,16,21,36H,12-15,17-18H2,1-4H3. The van der Waals surface area contributed by atoms with Gasteiger partial charge in [0.1, 0.15) is 5.60 Å². The van der Waals surface area contributed by atoms with Gasteiger partial charge in [-0.25, -0.2) is 22.3 Å². The number of sulfonamides is 1. The van der Waals surface area contributed by atoms with E-state index in [4.69, 9.17) is 14.2 Å². The molecule has 9 nitrogen and oxygen atoms in total. The molecule has 1 aromatic heterocycles. The Morgan fingerprint density at radius 2 is 1.74 bits per heavy atom. The van der Waals surface area contributed by atoms with Crippen LogP contribution in [0.4, 0.5) is 18.9 Å². The summed E-state index contributed by atoms with van der Waals surface area (Å²) in [4.78, 5) is 25.6. The van der Waals surface area contributed by atoms with Gasteiger partial charge in [0.2, 0.25) is 10.0 Å². The van der Waals surface area contributed by atoms with Crippen LogP contribution in [0.3, 0.4) is 0 Å². The van der Waals surface area contributed by atoms with Crippen LogP contribution in [-0.4, -0.2) is 63.1 Å². The predicted octanol–water partition coefficient (Wildman–Crippen LogP) is 7.11. The molecular formula is C31H34BrF3N2O7S2. The van der Waals surface area contributed by atoms with Gasteiger partial charge in [-0.1, -0.05) is 30.3 Å². The number of anilines is 1. The number of nitrogens with one attached hydrogen (secondary N) is 1. The quantitative estimate of drug-likeness (QED) is 0.219. The van der Waals surface area contributed by atoms with E-state index in [0.29, 0.717) is 22.2 Å². The van der Waals surface area contributed by atoms with Crippen molar-refractivity contribution in [3.63, 3.8) is 0 Å². The highest BCUT2D eigenvalue weighted by Crippen LogP contribution is 2.46. The van der Waals surface area contributed by atoms with E-state index in [9.17, 15) is 31.2 Å². The summed E-state index contributed by atoms with van der Waals surface area (Å²) in [5.74, 6) is -1.80. The van der Waals surface area contributed by atoms with Crippen LogP contribution in [0.1, 0.15) is 54.4 Å². The predicted molar refractivity (Wildman–Crippen MR) is 172 cm³/mol. The van der Waals surface area contributed by atoms with Crippen LogP contribution in [0.5, 0.6) is 5.75 Å². The van der Waals surface area contributed by atoms with Crippen molar-refractivity contribution in [3.05, 3.63) is 69.0 Å². The highest BCUT2D eigenvalue weighted by molar-refractivity contribution is 9.10. The van der Waals surface area contributed by atoms with Gasteiger partial charge in [-0.3, -0.25) is 0 Å². The van der Waals surface area contributed by atoms with E-state index in [-0.39, 0.29) is 35.3 Å². The summed E-state index contributed by atoms with van der Waals surface area (Å²) >= 11 is 4.64. The van der Waals surface area contributed by atoms with Gasteiger partial charge in [-0.15, -0.1) is 11.3 Å². The zero-order chi connectivity index (χ0) is 33.9. The molecule has 1 saturated heterocycles. The maximum absolute atomic E-state index is 13.4. The van der Waals surface area contributed by atoms with Gasteiger partial charge in [0, 0.05) is 24.8 Å². The van der Waals surface area contributed by atoms with Crippen molar-refractivity contribution >= 4 is 54.9 Å². The number of carbonyl (C=O) groups is 2. The molecule has 0 spiro atoms. The number of esters is 2. The Labute approximate surface area is 278 Å². The minimum atomic E-state index is -4.65. The molecule has 0 radical (unpaired) electrons. The largest absolute Gasteiger partial charge is 0.479 e. The van der Waals surface area contributed by atoms with E-state index in [0.717, 1.165) is 28.7 Å². The zero-order valence-electron chi connectivity index (χ0n) is 25.6. The van der Waals surface area contributed by atoms with E-state index in [1.807, 2.05) is 24.3 Å². The highest BCUT2D eigenvalue weighted by Gasteiger charge is 2.36. The number of benzene rings is 2. The molecule has 0 unspecified atom stereocenters. The number of thiophene rings is 1. The van der Waals surface area contributed by atoms with Gasteiger partial charge >= 0.3 is 18.1 Å². The van der Waals surface area contributed by atoms with E-state index in [2.05, 4.69) is 21.2 Å². The molecule has 2 aromatic carbocycles. The van der Waals surface area contributed by atoms with E-state index in [1.54, 1.807) is 20.8 Å². The monoisotopic (exact) mass is 746 g/mol. The van der Waals surface area contributed by atoms with Gasteiger partial charge in [-0.05, 0) is 78.9 Å². The summed E-state index contributed by atoms with van der Waals surface area (Å²) in [5, 5.41) is 3.41. The van der Waals surface area contributed by atoms with Crippen LogP contribution in [0, 0.1) is 0 Å². The van der Waals surface area contributed by atoms with Crippen LogP contribution in [0.15, 0.2) is 53.0 Å². The Hall–Kier alpha value is -3.14. The topological polar surface area (TPSA) is 111 Å². The van der Waals surface area contributed by atoms with Gasteiger partial charge < -0.3 is 19.5 Å². The lowest BCUT2D eigenvalue weighted by molar-refractivity contribution is -0.157. The van der Waals surface area contributed by atoms with E-state index < -0.39 is 51.7 Å². The molecule has 1 aliphatic heterocycles. The van der Waals surface area contributed by atoms with Gasteiger partial charge in [0.25, 0.3) is 0 Å². The summed E-state index contributed by atoms with van der Waals surface area (Å²) in [6.07, 6.45) is -3.75. The lowest BCUT2D eigenvalue weighted by atomic mass is 10.1. The Bertz CT molecular complexity index is 1680. The molecular weight excluding hydrogens is 713 g/mol. The van der Waals surface area contributed by atoms with Crippen molar-refractivity contribution < 1.29 is 45.4 Å². The second-order valence-corrected chi connectivity index (χ2v) is 15.4. The molecule has 0 amide bonds. The molecule has 3 aromatic rings. The number of carbonyl (C=O) groups excluding carboxylic acids is 2. The molecule has 4 rings (SSSR count). The molecule has 0 aliphatic carbocycles. The molecule has 1 N–H and O–H groups in total. The lowest BCUT2D eigenvalue weighted by Crippen LogP contribution is -2.42. The average Bonchev–Trinajstić information content (AvgIpc) is 3.30. The van der Waals surface area contributed by atoms with Gasteiger partial charge in [0.05, 0.1) is 27.8 Å². The van der Waals surface area contributed by atoms with Crippen molar-refractivity contribution in [1.82, 2.24) is 4.31 Å². The fourth-order valence-corrected chi connectivity index (χ4v) is 8.48. The number of piperidine rings is 1. The summed E-state index contributed by atoms with van der Waals surface area (Å²) in [5.41, 5.74) is -0.450. The Balaban J connectivity index is 1.44. The first-order valence-electron chi connectivity index (χ1n) is 14.2. The Morgan fingerprint density at radius 1 is 1.07 bits per heavy atom. The number of halogens is 4. The molecule has 46 heavy (non-hydrogen) atoms. The number of hydrogen-bond acceptors (Lipinski definition) is 9. The van der Waals surface area contributed by atoms with Gasteiger partial charge in [0.15, 0.2) is 17.2 Å². The molecule has 15 heteroatoms. The number of nitrogens with zero attached hydrogens (tertiary/aromatic N) is 1. The summed E-state index contributed by atoms with van der Waals surface area (Å²) in [7, 11) is -2.72. The molecule has 0 saturated carbocycles. The number of methoxy groups -OCH3 is 1. The minimum Gasteiger partial charge on any atom is -0.479 e. The van der Waals surface area contributed by atoms with Crippen LogP contribution in [0.2, 0.25) is 0 Å². The lowest BCUT2D eigenvalue weighted by Gasteiger charge is -2.32. The van der Waals surface area contributed by atoms with E-state index >= 15 is 0 Å². The molecule has 1 aliphatic rings. The van der Waals surface area contributed by atoms with Crippen molar-refractivity contribution in [2.45, 2.75) is 57.2 Å². The molecule has 0 atom stereocenters. The summed E-state index contributed by atoms with van der Waals surface area (Å²) in [6, 6.07) is 12.0. The first-order valence-corrected chi connectivity index (χ1v) is 17.5. The third-order valence-electron chi connectivity index (χ3n) is 6.94. The van der Waals surface area contributed by atoms with Crippen LogP contribution in [0.25, 0.3) is 10.4 Å². The number of alkyl halides is 3. The number of hydrogen-bond donors (Lipinski definition) is 1. The van der Waals surface area contributed by atoms with Crippen LogP contribution < -0.4 is 10.1 Å². The zero-order valence-corrected chi connectivity index (χ0v) is 28.8. The van der Waals surface area contributed by atoms with Crippen LogP contribution >= 0.6 is 27.3 Å². The van der Waals surface area contributed by atoms with E-state index in [1.165, 1.54) is 29.6 Å². The molecule has 0 bridgehead atoms. The fourth-order valence-electron chi connectivity index (χ4n) is 4.91. The fraction of sp³-hybridized carbons (Fsp3) is 0.419. The number of rotatable bonds is 10. The Morgan fingerprint density at radius 3 is 2.37 bits per heavy atom. The number of ether oxygens (including phenoxy) is 3. The SMILES string of the molecule is COC(=O)c1sc(-c2cccc(NC3CCN(S(=O)(=O)Cc4ccccc4C(F)(F)F)CC3)c2)c(Br)c1OCC(=O)OC(C)(C)C. The third kappa shape index (κ3) is 9.02. The molecule has 1 fully saturated rings. The minimum absolute atomic E-state index is 0.0886. The van der Waals surface area contributed by atoms with Crippen LogP contribution in [-0.2, 0) is 36.2 Å².